The fourth-order valence-corrected chi connectivity index (χ4v) is 4.02. The van der Waals surface area contributed by atoms with Crippen LogP contribution >= 0.6 is 0 Å². The Balaban J connectivity index is 1.73. The van der Waals surface area contributed by atoms with Crippen LogP contribution in [0.1, 0.15) is 36.6 Å². The van der Waals surface area contributed by atoms with Crippen LogP contribution in [0.4, 0.5) is 0 Å². The van der Waals surface area contributed by atoms with E-state index in [0.717, 1.165) is 34.3 Å². The van der Waals surface area contributed by atoms with E-state index in [1.165, 1.54) is 12.7 Å². The van der Waals surface area contributed by atoms with Gasteiger partial charge < -0.3 is 19.2 Å². The maximum atomic E-state index is 12.1. The van der Waals surface area contributed by atoms with Crippen LogP contribution in [0.5, 0.6) is 5.75 Å². The van der Waals surface area contributed by atoms with Crippen LogP contribution in [0.15, 0.2) is 48.5 Å². The Kier molecular flexibility index (Phi) is 5.09. The Labute approximate surface area is 164 Å². The van der Waals surface area contributed by atoms with Crippen LogP contribution in [0, 0.1) is 0 Å². The van der Waals surface area contributed by atoms with Gasteiger partial charge in [0.1, 0.15) is 18.0 Å². The standard InChI is InChI=1S/C23H25NO4/c1-3-23(14-20(25)26-2)22-18(12-13-28-23)17-10-7-11-19(21(17)24-22)27-15-16-8-5-4-6-9-16/h4-11,24H,3,12-15H2,1-2H3. The first-order valence-corrected chi connectivity index (χ1v) is 9.68. The molecule has 1 aliphatic heterocycles. The Morgan fingerprint density at radius 1 is 1.18 bits per heavy atom. The average molecular weight is 379 g/mol. The molecule has 2 aromatic carbocycles. The molecule has 0 amide bonds. The maximum Gasteiger partial charge on any atom is 0.308 e. The Morgan fingerprint density at radius 2 is 2.00 bits per heavy atom. The van der Waals surface area contributed by atoms with E-state index in [2.05, 4.69) is 11.1 Å². The number of ether oxygens (including phenoxy) is 3. The van der Waals surface area contributed by atoms with E-state index < -0.39 is 5.60 Å². The van der Waals surface area contributed by atoms with Gasteiger partial charge >= 0.3 is 5.97 Å². The zero-order chi connectivity index (χ0) is 19.6. The molecule has 0 bridgehead atoms. The molecule has 0 saturated carbocycles. The zero-order valence-corrected chi connectivity index (χ0v) is 16.3. The lowest BCUT2D eigenvalue weighted by Gasteiger charge is -2.35. The number of methoxy groups -OCH3 is 1. The van der Waals surface area contributed by atoms with Crippen molar-refractivity contribution in [1.82, 2.24) is 4.98 Å². The van der Waals surface area contributed by atoms with E-state index in [4.69, 9.17) is 14.2 Å². The molecule has 1 N–H and O–H groups in total. The van der Waals surface area contributed by atoms with Crippen molar-refractivity contribution in [2.75, 3.05) is 13.7 Å². The number of esters is 1. The first-order valence-electron chi connectivity index (χ1n) is 9.68. The highest BCUT2D eigenvalue weighted by atomic mass is 16.5. The highest BCUT2D eigenvalue weighted by Gasteiger charge is 2.41. The molecule has 3 aromatic rings. The summed E-state index contributed by atoms with van der Waals surface area (Å²) >= 11 is 0. The van der Waals surface area contributed by atoms with E-state index >= 15 is 0 Å². The highest BCUT2D eigenvalue weighted by Crippen LogP contribution is 2.43. The van der Waals surface area contributed by atoms with Crippen LogP contribution < -0.4 is 4.74 Å². The summed E-state index contributed by atoms with van der Waals surface area (Å²) in [5, 5.41) is 1.13. The fourth-order valence-electron chi connectivity index (χ4n) is 4.02. The molecule has 146 valence electrons. The molecule has 1 atom stereocenters. The number of aromatic nitrogens is 1. The number of aromatic amines is 1. The third kappa shape index (κ3) is 3.27. The van der Waals surface area contributed by atoms with Crippen molar-refractivity contribution in [3.8, 4) is 5.75 Å². The average Bonchev–Trinajstić information content (AvgIpc) is 3.13. The molecule has 0 radical (unpaired) electrons. The molecule has 0 spiro atoms. The van der Waals surface area contributed by atoms with Crippen LogP contribution in [0.3, 0.4) is 0 Å². The predicted octanol–water partition coefficient (Wildman–Crippen LogP) is 4.49. The van der Waals surface area contributed by atoms with Crippen molar-refractivity contribution >= 4 is 16.9 Å². The lowest BCUT2D eigenvalue weighted by molar-refractivity contribution is -0.152. The van der Waals surface area contributed by atoms with E-state index in [-0.39, 0.29) is 12.4 Å². The zero-order valence-electron chi connectivity index (χ0n) is 16.3. The molecule has 0 fully saturated rings. The summed E-state index contributed by atoms with van der Waals surface area (Å²) in [7, 11) is 1.41. The minimum atomic E-state index is -0.684. The molecule has 2 heterocycles. The number of carbonyl (C=O) groups is 1. The first kappa shape index (κ1) is 18.6. The van der Waals surface area contributed by atoms with Gasteiger partial charge in [-0.25, -0.2) is 0 Å². The van der Waals surface area contributed by atoms with E-state index in [0.29, 0.717) is 19.6 Å². The maximum absolute atomic E-state index is 12.1. The van der Waals surface area contributed by atoms with Crippen molar-refractivity contribution in [3.05, 3.63) is 65.4 Å². The number of benzene rings is 2. The third-order valence-electron chi connectivity index (χ3n) is 5.55. The number of carbonyl (C=O) groups excluding carboxylic acids is 1. The van der Waals surface area contributed by atoms with E-state index in [9.17, 15) is 4.79 Å². The van der Waals surface area contributed by atoms with Crippen LogP contribution in [0.25, 0.3) is 10.9 Å². The second-order valence-corrected chi connectivity index (χ2v) is 7.13. The molecule has 1 unspecified atom stereocenters. The van der Waals surface area contributed by atoms with Gasteiger partial charge in [-0.2, -0.15) is 0 Å². The number of H-pyrrole nitrogens is 1. The smallest absolute Gasteiger partial charge is 0.308 e. The molecular weight excluding hydrogens is 354 g/mol. The molecule has 4 rings (SSSR count). The van der Waals surface area contributed by atoms with E-state index in [1.54, 1.807) is 0 Å². The molecule has 5 nitrogen and oxygen atoms in total. The van der Waals surface area contributed by atoms with Gasteiger partial charge in [-0.3, -0.25) is 4.79 Å². The van der Waals surface area contributed by atoms with Crippen molar-refractivity contribution in [1.29, 1.82) is 0 Å². The molecule has 1 aromatic heterocycles. The first-order chi connectivity index (χ1) is 13.7. The largest absolute Gasteiger partial charge is 0.487 e. The Bertz CT molecular complexity index is 979. The van der Waals surface area contributed by atoms with Gasteiger partial charge in [0.25, 0.3) is 0 Å². The van der Waals surface area contributed by atoms with Gasteiger partial charge in [-0.15, -0.1) is 0 Å². The molecule has 0 aliphatic carbocycles. The van der Waals surface area contributed by atoms with Crippen LogP contribution in [-0.2, 0) is 32.9 Å². The minimum Gasteiger partial charge on any atom is -0.487 e. The summed E-state index contributed by atoms with van der Waals surface area (Å²) in [5.74, 6) is 0.535. The molecule has 5 heteroatoms. The summed E-state index contributed by atoms with van der Waals surface area (Å²) in [6, 6.07) is 16.2. The monoisotopic (exact) mass is 379 g/mol. The Morgan fingerprint density at radius 3 is 2.75 bits per heavy atom. The molecule has 0 saturated heterocycles. The number of hydrogen-bond donors (Lipinski definition) is 1. The lowest BCUT2D eigenvalue weighted by atomic mass is 9.86. The summed E-state index contributed by atoms with van der Waals surface area (Å²) < 4.78 is 17.2. The predicted molar refractivity (Wildman–Crippen MR) is 107 cm³/mol. The van der Waals surface area contributed by atoms with Gasteiger partial charge in [-0.05, 0) is 30.0 Å². The number of hydrogen-bond acceptors (Lipinski definition) is 4. The summed E-state index contributed by atoms with van der Waals surface area (Å²) in [4.78, 5) is 15.6. The van der Waals surface area contributed by atoms with Gasteiger partial charge in [-0.1, -0.05) is 49.4 Å². The SMILES string of the molecule is CCC1(CC(=O)OC)OCCc2c1[nH]c1c(OCc3ccccc3)cccc21. The second kappa shape index (κ2) is 7.68. The number of para-hydroxylation sites is 1. The molecule has 1 aliphatic rings. The number of fused-ring (bicyclic) bond motifs is 3. The highest BCUT2D eigenvalue weighted by molar-refractivity contribution is 5.90. The Hall–Kier alpha value is -2.79. The van der Waals surface area contributed by atoms with Crippen LogP contribution in [-0.4, -0.2) is 24.7 Å². The number of nitrogens with one attached hydrogen (secondary N) is 1. The third-order valence-corrected chi connectivity index (χ3v) is 5.55. The normalized spacial score (nSPS) is 18.6. The van der Waals surface area contributed by atoms with E-state index in [1.807, 2.05) is 49.4 Å². The second-order valence-electron chi connectivity index (χ2n) is 7.13. The summed E-state index contributed by atoms with van der Waals surface area (Å²) in [5.41, 5.74) is 3.56. The van der Waals surface area contributed by atoms with Crippen molar-refractivity contribution in [2.45, 2.75) is 38.4 Å². The van der Waals surface area contributed by atoms with Gasteiger partial charge in [0.05, 0.1) is 31.3 Å². The number of rotatable bonds is 6. The topological polar surface area (TPSA) is 60.5 Å². The van der Waals surface area contributed by atoms with Gasteiger partial charge in [0.2, 0.25) is 0 Å². The summed E-state index contributed by atoms with van der Waals surface area (Å²) in [6.45, 7) is 3.12. The minimum absolute atomic E-state index is 0.194. The lowest BCUT2D eigenvalue weighted by Crippen LogP contribution is -2.37. The van der Waals surface area contributed by atoms with Crippen molar-refractivity contribution in [2.24, 2.45) is 0 Å². The quantitative estimate of drug-likeness (QED) is 0.641. The molecular formula is C23H25NO4. The fraction of sp³-hybridized carbons (Fsp3) is 0.348. The van der Waals surface area contributed by atoms with Gasteiger partial charge in [0, 0.05) is 5.39 Å². The molecule has 28 heavy (non-hydrogen) atoms. The van der Waals surface area contributed by atoms with Crippen molar-refractivity contribution < 1.29 is 19.0 Å². The van der Waals surface area contributed by atoms with Crippen molar-refractivity contribution in [3.63, 3.8) is 0 Å². The summed E-state index contributed by atoms with van der Waals surface area (Å²) in [6.07, 6.45) is 1.68. The van der Waals surface area contributed by atoms with Crippen LogP contribution in [0.2, 0.25) is 0 Å². The van der Waals surface area contributed by atoms with Gasteiger partial charge in [0.15, 0.2) is 0 Å².